The van der Waals surface area contributed by atoms with Gasteiger partial charge in [-0.25, -0.2) is 0 Å². The highest BCUT2D eigenvalue weighted by Crippen LogP contribution is 2.17. The Morgan fingerprint density at radius 1 is 1.65 bits per heavy atom. The molecule has 0 bridgehead atoms. The van der Waals surface area contributed by atoms with Crippen LogP contribution in [0.15, 0.2) is 12.3 Å². The van der Waals surface area contributed by atoms with Crippen LogP contribution in [0.2, 0.25) is 0 Å². The molecule has 20 heavy (non-hydrogen) atoms. The van der Waals surface area contributed by atoms with Gasteiger partial charge in [0.25, 0.3) is 11.6 Å². The molecule has 1 fully saturated rings. The SMILES string of the molecule is CCn1cc([N+](=O)[O-])cc1C(=O)NC1CCC(=O)NC1. The van der Waals surface area contributed by atoms with Crippen molar-refractivity contribution in [2.75, 3.05) is 6.54 Å². The second-order valence-corrected chi connectivity index (χ2v) is 4.64. The summed E-state index contributed by atoms with van der Waals surface area (Å²) in [6.45, 7) is 2.67. The van der Waals surface area contributed by atoms with Crippen molar-refractivity contribution in [2.45, 2.75) is 32.4 Å². The Bertz CT molecular complexity index is 542. The molecule has 0 saturated carbocycles. The third-order valence-corrected chi connectivity index (χ3v) is 3.27. The van der Waals surface area contributed by atoms with Crippen LogP contribution in [0.3, 0.4) is 0 Å². The van der Waals surface area contributed by atoms with Crippen molar-refractivity contribution in [1.29, 1.82) is 0 Å². The van der Waals surface area contributed by atoms with Crippen LogP contribution >= 0.6 is 0 Å². The van der Waals surface area contributed by atoms with E-state index in [1.165, 1.54) is 16.8 Å². The van der Waals surface area contributed by atoms with E-state index in [9.17, 15) is 19.7 Å². The van der Waals surface area contributed by atoms with Gasteiger partial charge in [-0.1, -0.05) is 0 Å². The molecule has 8 nitrogen and oxygen atoms in total. The van der Waals surface area contributed by atoms with Gasteiger partial charge in [-0.15, -0.1) is 0 Å². The number of rotatable bonds is 4. The molecule has 0 aromatic carbocycles. The van der Waals surface area contributed by atoms with Crippen molar-refractivity contribution in [3.63, 3.8) is 0 Å². The summed E-state index contributed by atoms with van der Waals surface area (Å²) in [5.74, 6) is -0.385. The normalized spacial score (nSPS) is 18.4. The average Bonchev–Trinajstić information content (AvgIpc) is 2.86. The zero-order chi connectivity index (χ0) is 14.7. The Hall–Kier alpha value is -2.38. The van der Waals surface area contributed by atoms with E-state index < -0.39 is 4.92 Å². The standard InChI is InChI=1S/C12H16N4O4/c1-2-15-7-9(16(19)20)5-10(15)12(18)14-8-3-4-11(17)13-6-8/h5,7-8H,2-4,6H2,1H3,(H,13,17)(H,14,18). The first kappa shape index (κ1) is 14.0. The van der Waals surface area contributed by atoms with Gasteiger partial charge in [0, 0.05) is 31.6 Å². The van der Waals surface area contributed by atoms with Gasteiger partial charge in [-0.05, 0) is 13.3 Å². The van der Waals surface area contributed by atoms with Gasteiger partial charge in [0.2, 0.25) is 5.91 Å². The molecule has 2 heterocycles. The van der Waals surface area contributed by atoms with E-state index in [0.29, 0.717) is 25.9 Å². The molecule has 0 spiro atoms. The highest BCUT2D eigenvalue weighted by molar-refractivity contribution is 5.94. The van der Waals surface area contributed by atoms with Crippen LogP contribution in [0.5, 0.6) is 0 Å². The first-order valence-electron chi connectivity index (χ1n) is 6.43. The van der Waals surface area contributed by atoms with Gasteiger partial charge in [0.05, 0.1) is 11.1 Å². The van der Waals surface area contributed by atoms with Gasteiger partial charge < -0.3 is 15.2 Å². The number of carbonyl (C=O) groups excluding carboxylic acids is 2. The first-order valence-corrected chi connectivity index (χ1v) is 6.43. The Labute approximate surface area is 115 Å². The fourth-order valence-corrected chi connectivity index (χ4v) is 2.16. The molecule has 2 amide bonds. The molecule has 1 aliphatic heterocycles. The van der Waals surface area contributed by atoms with Gasteiger partial charge >= 0.3 is 0 Å². The summed E-state index contributed by atoms with van der Waals surface area (Å²) < 4.78 is 1.54. The molecule has 0 aliphatic carbocycles. The number of hydrogen-bond acceptors (Lipinski definition) is 4. The minimum absolute atomic E-state index is 0.0249. The topological polar surface area (TPSA) is 106 Å². The third kappa shape index (κ3) is 2.95. The lowest BCUT2D eigenvalue weighted by molar-refractivity contribution is -0.384. The Balaban J connectivity index is 2.08. The summed E-state index contributed by atoms with van der Waals surface area (Å²) in [5, 5.41) is 16.2. The third-order valence-electron chi connectivity index (χ3n) is 3.27. The van der Waals surface area contributed by atoms with Gasteiger partial charge in [-0.3, -0.25) is 19.7 Å². The predicted molar refractivity (Wildman–Crippen MR) is 70.3 cm³/mol. The minimum atomic E-state index is -0.524. The zero-order valence-corrected chi connectivity index (χ0v) is 11.1. The summed E-state index contributed by atoms with van der Waals surface area (Å²) in [6, 6.07) is 1.12. The number of nitro groups is 1. The van der Waals surface area contributed by atoms with Crippen molar-refractivity contribution < 1.29 is 14.5 Å². The largest absolute Gasteiger partial charge is 0.354 e. The van der Waals surface area contributed by atoms with Crippen LogP contribution in [0.4, 0.5) is 5.69 Å². The monoisotopic (exact) mass is 280 g/mol. The quantitative estimate of drug-likeness (QED) is 0.616. The van der Waals surface area contributed by atoms with Crippen molar-refractivity contribution in [3.8, 4) is 0 Å². The summed E-state index contributed by atoms with van der Waals surface area (Å²) >= 11 is 0. The van der Waals surface area contributed by atoms with Crippen LogP contribution in [-0.4, -0.2) is 33.9 Å². The summed E-state index contributed by atoms with van der Waals surface area (Å²) in [6.07, 6.45) is 2.30. The lowest BCUT2D eigenvalue weighted by atomic mass is 10.1. The maximum absolute atomic E-state index is 12.1. The molecule has 0 radical (unpaired) electrons. The lowest BCUT2D eigenvalue weighted by Gasteiger charge is -2.23. The van der Waals surface area contributed by atoms with E-state index in [0.717, 1.165) is 0 Å². The molecule has 1 aromatic rings. The zero-order valence-electron chi connectivity index (χ0n) is 11.1. The summed E-state index contributed by atoms with van der Waals surface area (Å²) in [7, 11) is 0. The fourth-order valence-electron chi connectivity index (χ4n) is 2.16. The number of piperidine rings is 1. The van der Waals surface area contributed by atoms with E-state index in [1.54, 1.807) is 6.92 Å². The van der Waals surface area contributed by atoms with Crippen molar-refractivity contribution in [2.24, 2.45) is 0 Å². The predicted octanol–water partition coefficient (Wildman–Crippen LogP) is 0.425. The fraction of sp³-hybridized carbons (Fsp3) is 0.500. The maximum atomic E-state index is 12.1. The number of nitrogens with one attached hydrogen (secondary N) is 2. The van der Waals surface area contributed by atoms with Crippen molar-refractivity contribution >= 4 is 17.5 Å². The van der Waals surface area contributed by atoms with E-state index in [4.69, 9.17) is 0 Å². The Morgan fingerprint density at radius 3 is 2.95 bits per heavy atom. The number of hydrogen-bond donors (Lipinski definition) is 2. The van der Waals surface area contributed by atoms with Crippen LogP contribution < -0.4 is 10.6 Å². The van der Waals surface area contributed by atoms with E-state index in [2.05, 4.69) is 10.6 Å². The van der Waals surface area contributed by atoms with Gasteiger partial charge in [0.1, 0.15) is 5.69 Å². The molecule has 8 heteroatoms. The highest BCUT2D eigenvalue weighted by Gasteiger charge is 2.23. The molecule has 108 valence electrons. The number of aromatic nitrogens is 1. The number of aryl methyl sites for hydroxylation is 1. The Morgan fingerprint density at radius 2 is 2.40 bits per heavy atom. The van der Waals surface area contributed by atoms with Crippen LogP contribution in [0.1, 0.15) is 30.3 Å². The van der Waals surface area contributed by atoms with E-state index in [-0.39, 0.29) is 29.2 Å². The molecular weight excluding hydrogens is 264 g/mol. The van der Waals surface area contributed by atoms with Crippen molar-refractivity contribution in [1.82, 2.24) is 15.2 Å². The Kier molecular flexibility index (Phi) is 4.02. The molecular formula is C12H16N4O4. The van der Waals surface area contributed by atoms with Crippen LogP contribution in [-0.2, 0) is 11.3 Å². The lowest BCUT2D eigenvalue weighted by Crippen LogP contribution is -2.48. The second kappa shape index (κ2) is 5.72. The van der Waals surface area contributed by atoms with Crippen LogP contribution in [0.25, 0.3) is 0 Å². The summed E-state index contributed by atoms with van der Waals surface area (Å²) in [5.41, 5.74) is 0.157. The maximum Gasteiger partial charge on any atom is 0.287 e. The molecule has 1 saturated heterocycles. The first-order chi connectivity index (χ1) is 9.51. The average molecular weight is 280 g/mol. The molecule has 1 aliphatic rings. The number of carbonyl (C=O) groups is 2. The number of amides is 2. The molecule has 2 N–H and O–H groups in total. The van der Waals surface area contributed by atoms with Crippen molar-refractivity contribution in [3.05, 3.63) is 28.1 Å². The smallest absolute Gasteiger partial charge is 0.287 e. The van der Waals surface area contributed by atoms with E-state index in [1.807, 2.05) is 0 Å². The van der Waals surface area contributed by atoms with Gasteiger partial charge in [-0.2, -0.15) is 0 Å². The summed E-state index contributed by atoms with van der Waals surface area (Å²) in [4.78, 5) is 33.4. The van der Waals surface area contributed by atoms with Crippen LogP contribution in [0, 0.1) is 10.1 Å². The number of nitrogens with zero attached hydrogens (tertiary/aromatic N) is 2. The van der Waals surface area contributed by atoms with E-state index >= 15 is 0 Å². The molecule has 1 unspecified atom stereocenters. The van der Waals surface area contributed by atoms with Gasteiger partial charge in [0.15, 0.2) is 0 Å². The molecule has 1 aromatic heterocycles. The second-order valence-electron chi connectivity index (χ2n) is 4.64. The molecule has 2 rings (SSSR count). The highest BCUT2D eigenvalue weighted by atomic mass is 16.6. The molecule has 1 atom stereocenters. The minimum Gasteiger partial charge on any atom is -0.354 e.